The van der Waals surface area contributed by atoms with Crippen LogP contribution in [0.2, 0.25) is 0 Å². The second-order valence-corrected chi connectivity index (χ2v) is 3.04. The van der Waals surface area contributed by atoms with Gasteiger partial charge in [0.1, 0.15) is 5.75 Å². The van der Waals surface area contributed by atoms with Crippen LogP contribution in [0.15, 0.2) is 41.4 Å². The van der Waals surface area contributed by atoms with E-state index in [1.165, 1.54) is 0 Å². The minimum absolute atomic E-state index is 0.612. The standard InChI is InChI=1S/C12H9NO2/c1-15-12-7-6-11(13-8-14)9-4-2-3-5-10(9)12/h2-7H,1H3. The number of hydrogen-bond acceptors (Lipinski definition) is 3. The molecule has 0 aliphatic rings. The molecule has 0 fully saturated rings. The van der Waals surface area contributed by atoms with Crippen molar-refractivity contribution in [3.8, 4) is 5.75 Å². The van der Waals surface area contributed by atoms with Crippen LogP contribution in [-0.2, 0) is 4.79 Å². The Kier molecular flexibility index (Phi) is 2.48. The van der Waals surface area contributed by atoms with Gasteiger partial charge in [0, 0.05) is 10.8 Å². The number of hydrogen-bond donors (Lipinski definition) is 0. The molecule has 15 heavy (non-hydrogen) atoms. The van der Waals surface area contributed by atoms with Crippen LogP contribution in [-0.4, -0.2) is 13.2 Å². The molecule has 0 radical (unpaired) electrons. The van der Waals surface area contributed by atoms with E-state index in [0.29, 0.717) is 5.69 Å². The first kappa shape index (κ1) is 9.44. The van der Waals surface area contributed by atoms with Gasteiger partial charge in [-0.05, 0) is 12.1 Å². The van der Waals surface area contributed by atoms with E-state index in [1.807, 2.05) is 24.3 Å². The molecule has 74 valence electrons. The molecule has 0 heterocycles. The molecule has 0 aromatic heterocycles. The van der Waals surface area contributed by atoms with E-state index in [1.54, 1.807) is 25.3 Å². The summed E-state index contributed by atoms with van der Waals surface area (Å²) in [5.74, 6) is 0.774. The number of isocyanates is 1. The fourth-order valence-electron chi connectivity index (χ4n) is 1.58. The third kappa shape index (κ3) is 1.60. The van der Waals surface area contributed by atoms with E-state index in [9.17, 15) is 4.79 Å². The molecule has 0 aliphatic heterocycles. The molecule has 2 aromatic rings. The lowest BCUT2D eigenvalue weighted by Crippen LogP contribution is -1.84. The Labute approximate surface area is 87.0 Å². The maximum Gasteiger partial charge on any atom is 0.240 e. The van der Waals surface area contributed by atoms with Crippen LogP contribution in [0.1, 0.15) is 0 Å². The molecule has 0 saturated heterocycles. The molecule has 0 N–H and O–H groups in total. The van der Waals surface area contributed by atoms with E-state index in [2.05, 4.69) is 4.99 Å². The van der Waals surface area contributed by atoms with E-state index in [0.717, 1.165) is 16.5 Å². The largest absolute Gasteiger partial charge is 0.496 e. The highest BCUT2D eigenvalue weighted by Gasteiger charge is 2.04. The molecule has 3 heteroatoms. The average Bonchev–Trinajstić information content (AvgIpc) is 2.30. The molecule has 0 unspecified atom stereocenters. The van der Waals surface area contributed by atoms with Gasteiger partial charge in [0.25, 0.3) is 0 Å². The van der Waals surface area contributed by atoms with Gasteiger partial charge in [0.2, 0.25) is 6.08 Å². The molecular formula is C12H9NO2. The smallest absolute Gasteiger partial charge is 0.240 e. The minimum Gasteiger partial charge on any atom is -0.496 e. The zero-order valence-corrected chi connectivity index (χ0v) is 8.23. The Bertz CT molecular complexity index is 542. The number of aliphatic imine (C=N–C) groups is 1. The maximum absolute atomic E-state index is 10.2. The lowest BCUT2D eigenvalue weighted by molar-refractivity contribution is 0.420. The van der Waals surface area contributed by atoms with Crippen molar-refractivity contribution in [2.75, 3.05) is 7.11 Å². The van der Waals surface area contributed by atoms with Crippen LogP contribution in [0, 0.1) is 0 Å². The monoisotopic (exact) mass is 199 g/mol. The van der Waals surface area contributed by atoms with Crippen LogP contribution in [0.3, 0.4) is 0 Å². The van der Waals surface area contributed by atoms with E-state index >= 15 is 0 Å². The van der Waals surface area contributed by atoms with Crippen molar-refractivity contribution in [2.24, 2.45) is 4.99 Å². The number of methoxy groups -OCH3 is 1. The van der Waals surface area contributed by atoms with Crippen molar-refractivity contribution in [1.82, 2.24) is 0 Å². The van der Waals surface area contributed by atoms with Gasteiger partial charge < -0.3 is 4.74 Å². The van der Waals surface area contributed by atoms with Crippen molar-refractivity contribution >= 4 is 22.5 Å². The third-order valence-electron chi connectivity index (χ3n) is 2.25. The van der Waals surface area contributed by atoms with Crippen molar-refractivity contribution in [3.63, 3.8) is 0 Å². The predicted octanol–water partition coefficient (Wildman–Crippen LogP) is 2.82. The normalized spacial score (nSPS) is 9.67. The Morgan fingerprint density at radius 1 is 1.13 bits per heavy atom. The van der Waals surface area contributed by atoms with E-state index in [4.69, 9.17) is 4.74 Å². The van der Waals surface area contributed by atoms with E-state index < -0.39 is 0 Å². The number of nitrogens with zero attached hydrogens (tertiary/aromatic N) is 1. The predicted molar refractivity (Wildman–Crippen MR) is 58.3 cm³/mol. The first-order valence-electron chi connectivity index (χ1n) is 4.50. The lowest BCUT2D eigenvalue weighted by Gasteiger charge is -2.06. The highest BCUT2D eigenvalue weighted by Crippen LogP contribution is 2.32. The summed E-state index contributed by atoms with van der Waals surface area (Å²) in [5.41, 5.74) is 0.612. The second-order valence-electron chi connectivity index (χ2n) is 3.04. The van der Waals surface area contributed by atoms with Crippen LogP contribution in [0.5, 0.6) is 5.75 Å². The molecule has 2 aromatic carbocycles. The topological polar surface area (TPSA) is 38.7 Å². The molecule has 0 atom stereocenters. The Balaban J connectivity index is 2.82. The minimum atomic E-state index is 0.612. The van der Waals surface area contributed by atoms with Crippen molar-refractivity contribution < 1.29 is 9.53 Å². The Morgan fingerprint density at radius 2 is 1.87 bits per heavy atom. The van der Waals surface area contributed by atoms with Gasteiger partial charge >= 0.3 is 0 Å². The van der Waals surface area contributed by atoms with E-state index in [-0.39, 0.29) is 0 Å². The van der Waals surface area contributed by atoms with Crippen molar-refractivity contribution in [2.45, 2.75) is 0 Å². The van der Waals surface area contributed by atoms with Crippen molar-refractivity contribution in [1.29, 1.82) is 0 Å². The molecule has 0 spiro atoms. The summed E-state index contributed by atoms with van der Waals surface area (Å²) >= 11 is 0. The van der Waals surface area contributed by atoms with Gasteiger partial charge in [0.05, 0.1) is 12.8 Å². The first-order valence-corrected chi connectivity index (χ1v) is 4.50. The van der Waals surface area contributed by atoms with Gasteiger partial charge in [0.15, 0.2) is 0 Å². The molecule has 0 amide bonds. The quantitative estimate of drug-likeness (QED) is 0.551. The summed E-state index contributed by atoms with van der Waals surface area (Å²) in [6, 6.07) is 11.2. The molecule has 0 bridgehead atoms. The molecular weight excluding hydrogens is 190 g/mol. The Hall–Kier alpha value is -2.12. The maximum atomic E-state index is 10.2. The number of benzene rings is 2. The van der Waals surface area contributed by atoms with Gasteiger partial charge in [-0.15, -0.1) is 0 Å². The zero-order valence-electron chi connectivity index (χ0n) is 8.23. The summed E-state index contributed by atoms with van der Waals surface area (Å²) in [6.07, 6.45) is 1.55. The summed E-state index contributed by atoms with van der Waals surface area (Å²) in [4.78, 5) is 13.9. The Morgan fingerprint density at radius 3 is 2.53 bits per heavy atom. The van der Waals surface area contributed by atoms with Crippen molar-refractivity contribution in [3.05, 3.63) is 36.4 Å². The molecule has 0 aliphatic carbocycles. The number of fused-ring (bicyclic) bond motifs is 1. The highest BCUT2D eigenvalue weighted by molar-refractivity contribution is 5.97. The molecule has 0 saturated carbocycles. The SMILES string of the molecule is COc1ccc(N=C=O)c2ccccc12. The molecule has 2 rings (SSSR count). The number of rotatable bonds is 2. The average molecular weight is 199 g/mol. The lowest BCUT2D eigenvalue weighted by atomic mass is 10.1. The number of carbonyl (C=O) groups excluding carboxylic acids is 1. The van der Waals surface area contributed by atoms with Crippen LogP contribution in [0.4, 0.5) is 5.69 Å². The second kappa shape index (κ2) is 3.95. The van der Waals surface area contributed by atoms with Gasteiger partial charge in [-0.1, -0.05) is 24.3 Å². The molecule has 3 nitrogen and oxygen atoms in total. The summed E-state index contributed by atoms with van der Waals surface area (Å²) < 4.78 is 5.22. The number of ether oxygens (including phenoxy) is 1. The summed E-state index contributed by atoms with van der Waals surface area (Å²) in [5, 5.41) is 1.83. The summed E-state index contributed by atoms with van der Waals surface area (Å²) in [6.45, 7) is 0. The van der Waals surface area contributed by atoms with Gasteiger partial charge in [-0.3, -0.25) is 0 Å². The van der Waals surface area contributed by atoms with Gasteiger partial charge in [-0.2, -0.15) is 4.99 Å². The van der Waals surface area contributed by atoms with Gasteiger partial charge in [-0.25, -0.2) is 4.79 Å². The third-order valence-corrected chi connectivity index (χ3v) is 2.25. The van der Waals surface area contributed by atoms with Crippen LogP contribution < -0.4 is 4.74 Å². The highest BCUT2D eigenvalue weighted by atomic mass is 16.5. The van der Waals surface area contributed by atoms with Crippen LogP contribution in [0.25, 0.3) is 10.8 Å². The van der Waals surface area contributed by atoms with Crippen LogP contribution >= 0.6 is 0 Å². The first-order chi connectivity index (χ1) is 7.36. The fraction of sp³-hybridized carbons (Fsp3) is 0.0833. The fourth-order valence-corrected chi connectivity index (χ4v) is 1.58. The summed E-state index contributed by atoms with van der Waals surface area (Å²) in [7, 11) is 1.62. The zero-order chi connectivity index (χ0) is 10.7.